The fraction of sp³-hybridized carbons (Fsp3) is 0. The third-order valence-corrected chi connectivity index (χ3v) is 13.3. The minimum Gasteiger partial charge on any atom is -0.455 e. The molecule has 0 saturated carbocycles. The van der Waals surface area contributed by atoms with E-state index in [0.717, 1.165) is 126 Å². The summed E-state index contributed by atoms with van der Waals surface area (Å²) >= 11 is 0. The van der Waals surface area contributed by atoms with E-state index in [1.807, 2.05) is 30.3 Å². The van der Waals surface area contributed by atoms with Crippen LogP contribution in [0.1, 0.15) is 5.56 Å². The van der Waals surface area contributed by atoms with Crippen LogP contribution in [0.4, 0.5) is 0 Å². The fourth-order valence-electron chi connectivity index (χ4n) is 10.7. The van der Waals surface area contributed by atoms with Crippen molar-refractivity contribution in [3.63, 3.8) is 0 Å². The molecule has 0 N–H and O–H groups in total. The second kappa shape index (κ2) is 12.7. The molecular formula is C59H32N2O2. The second-order valence-electron chi connectivity index (χ2n) is 16.7. The fourth-order valence-corrected chi connectivity index (χ4v) is 10.7. The Balaban J connectivity index is 1.12. The molecule has 11 aromatic carbocycles. The van der Waals surface area contributed by atoms with Gasteiger partial charge < -0.3 is 13.4 Å². The highest BCUT2D eigenvalue weighted by Gasteiger charge is 2.24. The standard InChI is InChI=1S/C59H32N2O2/c60-33-34-28-36-24-25-37-30-38(32-51-55(37)54(36)50(29-34)61(51)39-12-2-1-3-13-39)35-26-27-44-49(31-35)57(48-21-11-19-46-41-15-7-9-23-53(41)63-59(46)48)43-17-5-4-16-42(43)56(44)47-20-10-18-45-40-14-6-8-22-52(40)62-58(45)47/h1-32H. The summed E-state index contributed by atoms with van der Waals surface area (Å²) in [6.45, 7) is 0. The first-order valence-electron chi connectivity index (χ1n) is 21.3. The number of fused-ring (bicyclic) bond motifs is 8. The van der Waals surface area contributed by atoms with E-state index in [-0.39, 0.29) is 0 Å². The number of nitrogens with zero attached hydrogens (tertiary/aromatic N) is 2. The van der Waals surface area contributed by atoms with Crippen molar-refractivity contribution in [2.75, 3.05) is 0 Å². The van der Waals surface area contributed by atoms with Crippen LogP contribution >= 0.6 is 0 Å². The van der Waals surface area contributed by atoms with Gasteiger partial charge in [-0.05, 0) is 98.0 Å². The molecule has 0 radical (unpaired) electrons. The minimum absolute atomic E-state index is 0.647. The van der Waals surface area contributed by atoms with E-state index in [1.54, 1.807) is 0 Å². The Morgan fingerprint density at radius 3 is 1.54 bits per heavy atom. The maximum atomic E-state index is 10.1. The van der Waals surface area contributed by atoms with Crippen LogP contribution in [0.5, 0.6) is 0 Å². The van der Waals surface area contributed by atoms with Gasteiger partial charge in [-0.1, -0.05) is 140 Å². The number of furan rings is 2. The van der Waals surface area contributed by atoms with Gasteiger partial charge >= 0.3 is 0 Å². The quantitative estimate of drug-likeness (QED) is 0.132. The van der Waals surface area contributed by atoms with E-state index in [4.69, 9.17) is 8.83 Å². The molecule has 14 aromatic rings. The van der Waals surface area contributed by atoms with Gasteiger partial charge in [0.1, 0.15) is 22.3 Å². The summed E-state index contributed by atoms with van der Waals surface area (Å²) in [4.78, 5) is 0. The van der Waals surface area contributed by atoms with Gasteiger partial charge in [-0.15, -0.1) is 0 Å². The molecule has 4 heteroatoms. The first-order valence-corrected chi connectivity index (χ1v) is 21.3. The molecule has 0 bridgehead atoms. The molecule has 0 saturated heterocycles. The Hall–Kier alpha value is -8.65. The topological polar surface area (TPSA) is 55.0 Å². The molecule has 290 valence electrons. The third-order valence-electron chi connectivity index (χ3n) is 13.3. The Kier molecular flexibility index (Phi) is 6.87. The predicted molar refractivity (Wildman–Crippen MR) is 260 cm³/mol. The zero-order valence-electron chi connectivity index (χ0n) is 33.7. The van der Waals surface area contributed by atoms with Crippen molar-refractivity contribution in [3.05, 3.63) is 200 Å². The van der Waals surface area contributed by atoms with Crippen LogP contribution in [0.25, 0.3) is 137 Å². The maximum Gasteiger partial charge on any atom is 0.143 e. The second-order valence-corrected chi connectivity index (χ2v) is 16.7. The molecule has 63 heavy (non-hydrogen) atoms. The molecule has 3 aromatic heterocycles. The Morgan fingerprint density at radius 1 is 0.381 bits per heavy atom. The zero-order chi connectivity index (χ0) is 41.3. The summed E-state index contributed by atoms with van der Waals surface area (Å²) in [6.07, 6.45) is 0. The molecule has 4 nitrogen and oxygen atoms in total. The summed E-state index contributed by atoms with van der Waals surface area (Å²) in [5.74, 6) is 0. The average Bonchev–Trinajstić information content (AvgIpc) is 4.03. The number of nitriles is 1. The van der Waals surface area contributed by atoms with Crippen LogP contribution in [0.15, 0.2) is 203 Å². The van der Waals surface area contributed by atoms with E-state index in [9.17, 15) is 5.26 Å². The molecule has 0 aliphatic heterocycles. The highest BCUT2D eigenvalue weighted by Crippen LogP contribution is 2.50. The van der Waals surface area contributed by atoms with Crippen molar-refractivity contribution in [2.24, 2.45) is 0 Å². The lowest BCUT2D eigenvalue weighted by Gasteiger charge is -2.19. The Labute approximate surface area is 360 Å². The van der Waals surface area contributed by atoms with Crippen LogP contribution in [0, 0.1) is 11.3 Å². The monoisotopic (exact) mass is 800 g/mol. The first-order chi connectivity index (χ1) is 31.2. The molecular weight excluding hydrogens is 769 g/mol. The summed E-state index contributed by atoms with van der Waals surface area (Å²) in [7, 11) is 0. The lowest BCUT2D eigenvalue weighted by Crippen LogP contribution is -1.94. The number of aromatic nitrogens is 1. The van der Waals surface area contributed by atoms with Crippen LogP contribution in [0.2, 0.25) is 0 Å². The van der Waals surface area contributed by atoms with Gasteiger partial charge in [0, 0.05) is 60.3 Å². The van der Waals surface area contributed by atoms with E-state index < -0.39 is 0 Å². The van der Waals surface area contributed by atoms with E-state index in [0.29, 0.717) is 5.56 Å². The maximum absolute atomic E-state index is 10.1. The summed E-state index contributed by atoms with van der Waals surface area (Å²) in [6, 6.07) is 71.4. The Morgan fingerprint density at radius 2 is 0.905 bits per heavy atom. The summed E-state index contributed by atoms with van der Waals surface area (Å²) in [5.41, 5.74) is 13.9. The van der Waals surface area contributed by atoms with Crippen molar-refractivity contribution < 1.29 is 8.83 Å². The van der Waals surface area contributed by atoms with E-state index in [1.165, 1.54) is 10.8 Å². The largest absolute Gasteiger partial charge is 0.455 e. The van der Waals surface area contributed by atoms with Gasteiger partial charge in [0.2, 0.25) is 0 Å². The molecule has 0 aliphatic carbocycles. The van der Waals surface area contributed by atoms with Crippen molar-refractivity contribution in [1.82, 2.24) is 4.57 Å². The number of benzene rings is 11. The van der Waals surface area contributed by atoms with Crippen LogP contribution in [0.3, 0.4) is 0 Å². The number of hydrogen-bond acceptors (Lipinski definition) is 3. The minimum atomic E-state index is 0.647. The Bertz CT molecular complexity index is 4270. The lowest BCUT2D eigenvalue weighted by atomic mass is 9.84. The molecule has 0 atom stereocenters. The van der Waals surface area contributed by atoms with Gasteiger partial charge in [0.15, 0.2) is 0 Å². The molecule has 0 aliphatic rings. The van der Waals surface area contributed by atoms with Crippen LogP contribution in [-0.4, -0.2) is 4.57 Å². The third kappa shape index (κ3) is 4.74. The summed E-state index contributed by atoms with van der Waals surface area (Å²) < 4.78 is 15.9. The van der Waals surface area contributed by atoms with Crippen LogP contribution in [-0.2, 0) is 0 Å². The SMILES string of the molecule is N#Cc1cc2ccc3cc(-c4ccc5c(-c6cccc7c6oc6ccccc67)c6ccccc6c(-c6cccc7c6oc6ccccc67)c5c4)cc4c3c2c(c1)n4-c1ccccc1. The molecule has 3 heterocycles. The predicted octanol–water partition coefficient (Wildman–Crippen LogP) is 16.4. The molecule has 0 unspecified atom stereocenters. The van der Waals surface area contributed by atoms with Gasteiger partial charge in [-0.2, -0.15) is 5.26 Å². The highest BCUT2D eigenvalue weighted by atomic mass is 16.3. The normalized spacial score (nSPS) is 12.1. The van der Waals surface area contributed by atoms with Crippen molar-refractivity contribution in [2.45, 2.75) is 0 Å². The van der Waals surface area contributed by atoms with Gasteiger partial charge in [0.05, 0.1) is 22.7 Å². The van der Waals surface area contributed by atoms with Gasteiger partial charge in [-0.25, -0.2) is 0 Å². The van der Waals surface area contributed by atoms with Crippen LogP contribution < -0.4 is 0 Å². The molecule has 0 spiro atoms. The first kappa shape index (κ1) is 34.1. The number of hydrogen-bond donors (Lipinski definition) is 0. The molecule has 0 amide bonds. The van der Waals surface area contributed by atoms with Gasteiger partial charge in [0.25, 0.3) is 0 Å². The molecule has 14 rings (SSSR count). The lowest BCUT2D eigenvalue weighted by molar-refractivity contribution is 0.669. The van der Waals surface area contributed by atoms with E-state index >= 15 is 0 Å². The smallest absolute Gasteiger partial charge is 0.143 e. The zero-order valence-corrected chi connectivity index (χ0v) is 33.7. The van der Waals surface area contributed by atoms with Crippen molar-refractivity contribution in [1.29, 1.82) is 5.26 Å². The summed E-state index contributed by atoms with van der Waals surface area (Å²) in [5, 5.41) is 23.6. The highest BCUT2D eigenvalue weighted by molar-refractivity contribution is 6.28. The average molecular weight is 801 g/mol. The van der Waals surface area contributed by atoms with E-state index in [2.05, 4.69) is 174 Å². The number of rotatable bonds is 4. The van der Waals surface area contributed by atoms with Gasteiger partial charge in [-0.3, -0.25) is 0 Å². The molecule has 0 fully saturated rings. The van der Waals surface area contributed by atoms with Crippen molar-refractivity contribution >= 4 is 98.0 Å². The number of para-hydroxylation sites is 5. The van der Waals surface area contributed by atoms with Crippen molar-refractivity contribution in [3.8, 4) is 45.1 Å².